The van der Waals surface area contributed by atoms with Crippen LogP contribution in [0.5, 0.6) is 11.5 Å². The molecule has 38 heavy (non-hydrogen) atoms. The molecule has 1 aliphatic rings. The number of hydrogen-bond donors (Lipinski definition) is 1. The molecule has 0 atom stereocenters. The molecule has 1 aliphatic heterocycles. The van der Waals surface area contributed by atoms with Gasteiger partial charge in [-0.1, -0.05) is 24.3 Å². The van der Waals surface area contributed by atoms with Crippen molar-refractivity contribution >= 4 is 45.5 Å². The lowest BCUT2D eigenvalue weighted by Gasteiger charge is -2.24. The molecule has 0 unspecified atom stereocenters. The topological polar surface area (TPSA) is 81.2 Å². The van der Waals surface area contributed by atoms with Crippen molar-refractivity contribution < 1.29 is 9.47 Å². The summed E-state index contributed by atoms with van der Waals surface area (Å²) in [4.78, 5) is 7.11. The van der Waals surface area contributed by atoms with Crippen molar-refractivity contribution in [2.75, 3.05) is 24.4 Å². The molecule has 3 heterocycles. The Kier molecular flexibility index (Phi) is 5.00. The van der Waals surface area contributed by atoms with Gasteiger partial charge in [-0.05, 0) is 72.8 Å². The molecule has 0 radical (unpaired) electrons. The van der Waals surface area contributed by atoms with Gasteiger partial charge in [0, 0.05) is 11.1 Å². The van der Waals surface area contributed by atoms with Crippen molar-refractivity contribution in [1.29, 1.82) is 0 Å². The molecule has 186 valence electrons. The van der Waals surface area contributed by atoms with Gasteiger partial charge in [0.05, 0.1) is 36.8 Å². The molecule has 4 aromatic carbocycles. The van der Waals surface area contributed by atoms with Crippen molar-refractivity contribution in [2.24, 2.45) is 4.99 Å². The average Bonchev–Trinajstić information content (AvgIpc) is 3.46. The maximum absolute atomic E-state index is 5.42. The molecule has 6 aromatic rings. The zero-order valence-electron chi connectivity index (χ0n) is 20.7. The van der Waals surface area contributed by atoms with Crippen molar-refractivity contribution in [2.45, 2.75) is 0 Å². The van der Waals surface area contributed by atoms with Crippen molar-refractivity contribution in [1.82, 2.24) is 19.4 Å². The number of hydrogen-bond acceptors (Lipinski definition) is 7. The molecular weight excluding hydrogens is 478 g/mol. The van der Waals surface area contributed by atoms with E-state index in [9.17, 15) is 0 Å². The predicted octanol–water partition coefficient (Wildman–Crippen LogP) is 5.94. The minimum atomic E-state index is 0.587. The number of nitrogens with zero attached hydrogens (tertiary/aromatic N) is 6. The molecule has 0 spiro atoms. The number of guanidine groups is 1. The summed E-state index contributed by atoms with van der Waals surface area (Å²) in [6.45, 7) is 0. The Morgan fingerprint density at radius 2 is 1.39 bits per heavy atom. The summed E-state index contributed by atoms with van der Waals surface area (Å²) in [7, 11) is 3.31. The lowest BCUT2D eigenvalue weighted by Crippen LogP contribution is -2.33. The smallest absolute Gasteiger partial charge is 0.243 e. The Labute approximate surface area is 218 Å². The van der Waals surface area contributed by atoms with Crippen molar-refractivity contribution in [3.8, 4) is 17.2 Å². The van der Waals surface area contributed by atoms with Crippen LogP contribution in [0.4, 0.5) is 23.0 Å². The average molecular weight is 502 g/mol. The van der Waals surface area contributed by atoms with Crippen LogP contribution >= 0.6 is 0 Å². The number of fused-ring (bicyclic) bond motifs is 7. The fraction of sp³-hybridized carbons (Fsp3) is 0.0690. The van der Waals surface area contributed by atoms with E-state index in [1.54, 1.807) is 18.8 Å². The lowest BCUT2D eigenvalue weighted by atomic mass is 10.2. The maximum Gasteiger partial charge on any atom is 0.243 e. The molecule has 0 amide bonds. The van der Waals surface area contributed by atoms with E-state index in [-0.39, 0.29) is 0 Å². The summed E-state index contributed by atoms with van der Waals surface area (Å²) < 4.78 is 14.6. The molecule has 0 saturated carbocycles. The summed E-state index contributed by atoms with van der Waals surface area (Å²) in [6.07, 6.45) is 0. The Bertz CT molecular complexity index is 1820. The van der Waals surface area contributed by atoms with Crippen LogP contribution < -0.4 is 19.7 Å². The summed E-state index contributed by atoms with van der Waals surface area (Å²) in [5.41, 5.74) is 5.16. The fourth-order valence-corrected chi connectivity index (χ4v) is 4.74. The van der Waals surface area contributed by atoms with Gasteiger partial charge in [-0.25, -0.2) is 9.89 Å². The first kappa shape index (κ1) is 21.9. The number of para-hydroxylation sites is 2. The molecule has 1 N–H and O–H groups in total. The fourth-order valence-electron chi connectivity index (χ4n) is 4.74. The molecule has 0 aliphatic carbocycles. The highest BCUT2D eigenvalue weighted by Crippen LogP contribution is 2.39. The summed E-state index contributed by atoms with van der Waals surface area (Å²) >= 11 is 0. The van der Waals surface area contributed by atoms with Gasteiger partial charge in [0.25, 0.3) is 0 Å². The molecular formula is C29H23N7O2. The van der Waals surface area contributed by atoms with E-state index < -0.39 is 0 Å². The minimum Gasteiger partial charge on any atom is -0.497 e. The van der Waals surface area contributed by atoms with E-state index in [0.29, 0.717) is 11.9 Å². The first-order valence-corrected chi connectivity index (χ1v) is 12.1. The van der Waals surface area contributed by atoms with E-state index in [1.165, 1.54) is 0 Å². The summed E-state index contributed by atoms with van der Waals surface area (Å²) in [6, 6.07) is 31.6. The van der Waals surface area contributed by atoms with Crippen LogP contribution in [-0.2, 0) is 0 Å². The van der Waals surface area contributed by atoms with Crippen LogP contribution in [0.3, 0.4) is 0 Å². The highest BCUT2D eigenvalue weighted by molar-refractivity contribution is 6.12. The molecule has 9 heteroatoms. The van der Waals surface area contributed by atoms with Gasteiger partial charge >= 0.3 is 0 Å². The van der Waals surface area contributed by atoms with E-state index in [0.717, 1.165) is 50.8 Å². The van der Waals surface area contributed by atoms with Gasteiger partial charge in [0.15, 0.2) is 5.65 Å². The lowest BCUT2D eigenvalue weighted by molar-refractivity contribution is 0.415. The molecule has 2 aromatic heterocycles. The Morgan fingerprint density at radius 3 is 2.16 bits per heavy atom. The van der Waals surface area contributed by atoms with Gasteiger partial charge in [-0.3, -0.25) is 4.57 Å². The highest BCUT2D eigenvalue weighted by atomic mass is 16.5. The number of ether oxygens (including phenoxy) is 2. The van der Waals surface area contributed by atoms with E-state index in [2.05, 4.69) is 16.0 Å². The third-order valence-corrected chi connectivity index (χ3v) is 6.57. The van der Waals surface area contributed by atoms with Crippen LogP contribution in [0.15, 0.2) is 102 Å². The molecule has 9 nitrogen and oxygen atoms in total. The largest absolute Gasteiger partial charge is 0.497 e. The van der Waals surface area contributed by atoms with E-state index in [4.69, 9.17) is 24.7 Å². The number of aromatic nitrogens is 4. The van der Waals surface area contributed by atoms with Gasteiger partial charge in [0.1, 0.15) is 11.5 Å². The van der Waals surface area contributed by atoms with Crippen molar-refractivity contribution in [3.63, 3.8) is 0 Å². The van der Waals surface area contributed by atoms with Crippen LogP contribution in [0, 0.1) is 0 Å². The van der Waals surface area contributed by atoms with Crippen LogP contribution in [0.1, 0.15) is 0 Å². The second-order valence-electron chi connectivity index (χ2n) is 8.78. The van der Waals surface area contributed by atoms with Crippen molar-refractivity contribution in [3.05, 3.63) is 97.1 Å². The predicted molar refractivity (Wildman–Crippen MR) is 149 cm³/mol. The third-order valence-electron chi connectivity index (χ3n) is 6.57. The second-order valence-corrected chi connectivity index (χ2v) is 8.78. The number of methoxy groups -OCH3 is 2. The standard InChI is InChI=1S/C29H23N7O2/c1-37-21-15-11-19(12-16-21)30-28-31-25-9-5-6-10-26(25)35-27-23-7-3-4-8-24(23)32-36(27)33-29(35)34(28)20-13-17-22(38-2)18-14-20/h3-18H,1-2H3,(H,30,31). The third kappa shape index (κ3) is 3.44. The monoisotopic (exact) mass is 501 g/mol. The molecule has 0 saturated heterocycles. The molecule has 0 bridgehead atoms. The quantitative estimate of drug-likeness (QED) is 0.322. The zero-order valence-corrected chi connectivity index (χ0v) is 20.7. The number of rotatable bonds is 4. The Morgan fingerprint density at radius 1 is 0.711 bits per heavy atom. The number of anilines is 3. The second kappa shape index (κ2) is 8.67. The normalized spacial score (nSPS) is 12.6. The molecule has 7 rings (SSSR count). The maximum atomic E-state index is 5.42. The van der Waals surface area contributed by atoms with Gasteiger partial charge in [-0.2, -0.15) is 0 Å². The summed E-state index contributed by atoms with van der Waals surface area (Å²) in [5.74, 6) is 2.77. The number of aliphatic imine (C=N–C) groups is 1. The Balaban J connectivity index is 1.50. The van der Waals surface area contributed by atoms with E-state index >= 15 is 0 Å². The Hall–Kier alpha value is -5.31. The van der Waals surface area contributed by atoms with Gasteiger partial charge in [-0.15, -0.1) is 14.8 Å². The SMILES string of the molecule is COc1ccc(NC2=Nc3ccccc3-n3c(nn4nc5ccccc5c34)N2c2ccc(OC)cc2)cc1. The number of benzene rings is 4. The first-order valence-electron chi connectivity index (χ1n) is 12.1. The van der Waals surface area contributed by atoms with Crippen LogP contribution in [-0.4, -0.2) is 39.6 Å². The minimum absolute atomic E-state index is 0.587. The van der Waals surface area contributed by atoms with Gasteiger partial charge in [0.2, 0.25) is 11.9 Å². The zero-order chi connectivity index (χ0) is 25.6. The van der Waals surface area contributed by atoms with Crippen LogP contribution in [0.2, 0.25) is 0 Å². The number of nitrogens with one attached hydrogen (secondary N) is 1. The summed E-state index contributed by atoms with van der Waals surface area (Å²) in [5, 5.41) is 14.3. The van der Waals surface area contributed by atoms with Gasteiger partial charge < -0.3 is 14.8 Å². The van der Waals surface area contributed by atoms with Crippen LogP contribution in [0.25, 0.3) is 22.2 Å². The highest BCUT2D eigenvalue weighted by Gasteiger charge is 2.30. The molecule has 0 fully saturated rings. The first-order chi connectivity index (χ1) is 18.7. The van der Waals surface area contributed by atoms with E-state index in [1.807, 2.05) is 95.9 Å².